The minimum Gasteiger partial charge on any atom is -0.465 e. The standard InChI is InChI=1S/C20H18N6O2/c21-25-24-20(11-12-28-19(20)27)18(13-15-7-3-1-4-8-15)26-22-14-17(23-26)16-9-5-2-6-10-16/h1-10,14,18H,11-13H2. The Labute approximate surface area is 161 Å². The summed E-state index contributed by atoms with van der Waals surface area (Å²) in [6.07, 6.45) is 2.37. The molecule has 1 aromatic heterocycles. The summed E-state index contributed by atoms with van der Waals surface area (Å²) in [4.78, 5) is 17.0. The van der Waals surface area contributed by atoms with Crippen molar-refractivity contribution in [3.63, 3.8) is 0 Å². The lowest BCUT2D eigenvalue weighted by Crippen LogP contribution is -2.43. The topological polar surface area (TPSA) is 106 Å². The average Bonchev–Trinajstić information content (AvgIpc) is 3.36. The summed E-state index contributed by atoms with van der Waals surface area (Å²) in [5, 5.41) is 12.9. The van der Waals surface area contributed by atoms with Gasteiger partial charge in [-0.15, -0.1) is 0 Å². The molecule has 0 radical (unpaired) electrons. The number of hydrogen-bond donors (Lipinski definition) is 0. The molecule has 1 aliphatic rings. The predicted molar refractivity (Wildman–Crippen MR) is 102 cm³/mol. The summed E-state index contributed by atoms with van der Waals surface area (Å²) in [5.74, 6) is -0.537. The summed E-state index contributed by atoms with van der Waals surface area (Å²) in [6.45, 7) is 0.204. The van der Waals surface area contributed by atoms with Crippen LogP contribution in [0.3, 0.4) is 0 Å². The van der Waals surface area contributed by atoms with Crippen LogP contribution < -0.4 is 0 Å². The Morgan fingerprint density at radius 3 is 2.54 bits per heavy atom. The smallest absolute Gasteiger partial charge is 0.320 e. The average molecular weight is 374 g/mol. The first-order valence-corrected chi connectivity index (χ1v) is 8.97. The monoisotopic (exact) mass is 374 g/mol. The molecule has 0 bridgehead atoms. The van der Waals surface area contributed by atoms with Gasteiger partial charge in [0.1, 0.15) is 5.69 Å². The van der Waals surface area contributed by atoms with Crippen LogP contribution in [0.15, 0.2) is 72.0 Å². The molecule has 8 nitrogen and oxygen atoms in total. The van der Waals surface area contributed by atoms with Gasteiger partial charge in [0, 0.05) is 16.9 Å². The van der Waals surface area contributed by atoms with E-state index in [0.717, 1.165) is 11.1 Å². The Morgan fingerprint density at radius 2 is 1.89 bits per heavy atom. The molecule has 1 aliphatic heterocycles. The maximum atomic E-state index is 12.6. The number of hydrogen-bond acceptors (Lipinski definition) is 5. The number of esters is 1. The largest absolute Gasteiger partial charge is 0.465 e. The highest BCUT2D eigenvalue weighted by Crippen LogP contribution is 2.38. The Bertz CT molecular complexity index is 1010. The molecule has 0 N–H and O–H groups in total. The van der Waals surface area contributed by atoms with Crippen LogP contribution in [0.2, 0.25) is 0 Å². The zero-order chi connectivity index (χ0) is 19.4. The van der Waals surface area contributed by atoms with E-state index < -0.39 is 17.6 Å². The van der Waals surface area contributed by atoms with Gasteiger partial charge in [-0.1, -0.05) is 65.8 Å². The van der Waals surface area contributed by atoms with E-state index in [0.29, 0.717) is 12.1 Å². The van der Waals surface area contributed by atoms with E-state index in [1.807, 2.05) is 60.7 Å². The number of aromatic nitrogens is 3. The van der Waals surface area contributed by atoms with Crippen LogP contribution in [0, 0.1) is 0 Å². The molecule has 3 aromatic rings. The third-order valence-corrected chi connectivity index (χ3v) is 4.97. The van der Waals surface area contributed by atoms with Gasteiger partial charge in [-0.05, 0) is 17.5 Å². The number of ether oxygens (including phenoxy) is 1. The molecule has 2 heterocycles. The fourth-order valence-corrected chi connectivity index (χ4v) is 3.51. The number of rotatable bonds is 6. The molecule has 28 heavy (non-hydrogen) atoms. The number of carbonyl (C=O) groups is 1. The summed E-state index contributed by atoms with van der Waals surface area (Å²) in [7, 11) is 0. The molecule has 0 amide bonds. The number of carbonyl (C=O) groups excluding carboxylic acids is 1. The van der Waals surface area contributed by atoms with Crippen LogP contribution >= 0.6 is 0 Å². The number of benzene rings is 2. The third-order valence-electron chi connectivity index (χ3n) is 4.97. The van der Waals surface area contributed by atoms with Gasteiger partial charge in [0.2, 0.25) is 0 Å². The fourth-order valence-electron chi connectivity index (χ4n) is 3.51. The van der Waals surface area contributed by atoms with Crippen molar-refractivity contribution in [2.75, 3.05) is 6.61 Å². The Kier molecular flexibility index (Phi) is 4.78. The van der Waals surface area contributed by atoms with Gasteiger partial charge in [0.25, 0.3) is 0 Å². The molecule has 1 fully saturated rings. The third kappa shape index (κ3) is 3.21. The molecule has 4 rings (SSSR count). The summed E-state index contributed by atoms with van der Waals surface area (Å²) in [5.41, 5.74) is 10.4. The number of nitrogens with zero attached hydrogens (tertiary/aromatic N) is 6. The zero-order valence-corrected chi connectivity index (χ0v) is 15.0. The van der Waals surface area contributed by atoms with Crippen molar-refractivity contribution in [2.45, 2.75) is 24.4 Å². The number of azide groups is 1. The molecular formula is C20H18N6O2. The van der Waals surface area contributed by atoms with E-state index in [9.17, 15) is 4.79 Å². The van der Waals surface area contributed by atoms with Crippen LogP contribution in [0.25, 0.3) is 21.7 Å². The Balaban J connectivity index is 1.78. The summed E-state index contributed by atoms with van der Waals surface area (Å²) < 4.78 is 5.18. The molecule has 0 aliphatic carbocycles. The first kappa shape index (κ1) is 17.8. The molecule has 2 atom stereocenters. The van der Waals surface area contributed by atoms with Crippen LogP contribution in [0.4, 0.5) is 0 Å². The van der Waals surface area contributed by atoms with Crippen molar-refractivity contribution in [3.05, 3.63) is 82.9 Å². The van der Waals surface area contributed by atoms with E-state index in [-0.39, 0.29) is 13.0 Å². The predicted octanol–water partition coefficient (Wildman–Crippen LogP) is 3.72. The molecule has 0 saturated carbocycles. The van der Waals surface area contributed by atoms with Gasteiger partial charge < -0.3 is 4.74 Å². The second-order valence-corrected chi connectivity index (χ2v) is 6.62. The first-order chi connectivity index (χ1) is 13.7. The summed E-state index contributed by atoms with van der Waals surface area (Å²) >= 11 is 0. The van der Waals surface area contributed by atoms with E-state index in [2.05, 4.69) is 20.2 Å². The van der Waals surface area contributed by atoms with Gasteiger partial charge in [-0.25, -0.2) is 0 Å². The molecular weight excluding hydrogens is 356 g/mol. The highest BCUT2D eigenvalue weighted by atomic mass is 16.5. The minimum absolute atomic E-state index is 0.204. The van der Waals surface area contributed by atoms with Gasteiger partial charge in [-0.2, -0.15) is 15.0 Å². The van der Waals surface area contributed by atoms with Crippen molar-refractivity contribution in [1.29, 1.82) is 0 Å². The highest BCUT2D eigenvalue weighted by Gasteiger charge is 2.52. The number of cyclic esters (lactones) is 1. The first-order valence-electron chi connectivity index (χ1n) is 8.97. The van der Waals surface area contributed by atoms with Crippen molar-refractivity contribution >= 4 is 5.97 Å². The van der Waals surface area contributed by atoms with Crippen molar-refractivity contribution in [3.8, 4) is 11.3 Å². The highest BCUT2D eigenvalue weighted by molar-refractivity contribution is 5.83. The molecule has 8 heteroatoms. The quantitative estimate of drug-likeness (QED) is 0.284. The lowest BCUT2D eigenvalue weighted by molar-refractivity contribution is -0.143. The second kappa shape index (κ2) is 7.54. The van der Waals surface area contributed by atoms with E-state index in [1.54, 1.807) is 6.20 Å². The van der Waals surface area contributed by atoms with Crippen LogP contribution in [-0.2, 0) is 16.0 Å². The summed E-state index contributed by atoms with van der Waals surface area (Å²) in [6, 6.07) is 18.7. The molecule has 0 spiro atoms. The van der Waals surface area contributed by atoms with Gasteiger partial charge in [0.15, 0.2) is 5.54 Å². The lowest BCUT2D eigenvalue weighted by Gasteiger charge is -2.28. The second-order valence-electron chi connectivity index (χ2n) is 6.62. The van der Waals surface area contributed by atoms with Gasteiger partial charge >= 0.3 is 5.97 Å². The normalized spacial score (nSPS) is 19.6. The maximum absolute atomic E-state index is 12.6. The zero-order valence-electron chi connectivity index (χ0n) is 15.0. The molecule has 2 unspecified atom stereocenters. The molecule has 1 saturated heterocycles. The SMILES string of the molecule is [N-]=[N+]=NC1(C(Cc2ccccc2)n2ncc(-c3ccccc3)n2)CCOC1=O. The van der Waals surface area contributed by atoms with Crippen molar-refractivity contribution in [2.24, 2.45) is 5.11 Å². The Morgan fingerprint density at radius 1 is 1.18 bits per heavy atom. The molecule has 140 valence electrons. The van der Waals surface area contributed by atoms with Gasteiger partial charge in [0.05, 0.1) is 18.8 Å². The van der Waals surface area contributed by atoms with Crippen molar-refractivity contribution < 1.29 is 9.53 Å². The van der Waals surface area contributed by atoms with Crippen molar-refractivity contribution in [1.82, 2.24) is 15.0 Å². The van der Waals surface area contributed by atoms with Gasteiger partial charge in [-0.3, -0.25) is 4.79 Å². The minimum atomic E-state index is -1.38. The lowest BCUT2D eigenvalue weighted by atomic mass is 9.85. The fraction of sp³-hybridized carbons (Fsp3) is 0.250. The Hall–Kier alpha value is -3.64. The van der Waals surface area contributed by atoms with Crippen LogP contribution in [0.5, 0.6) is 0 Å². The van der Waals surface area contributed by atoms with Crippen LogP contribution in [-0.4, -0.2) is 33.1 Å². The van der Waals surface area contributed by atoms with E-state index >= 15 is 0 Å². The van der Waals surface area contributed by atoms with E-state index in [1.165, 1.54) is 4.80 Å². The molecule has 2 aromatic carbocycles. The van der Waals surface area contributed by atoms with E-state index in [4.69, 9.17) is 10.3 Å². The maximum Gasteiger partial charge on any atom is 0.320 e. The van der Waals surface area contributed by atoms with Crippen LogP contribution in [0.1, 0.15) is 18.0 Å².